The lowest BCUT2D eigenvalue weighted by molar-refractivity contribution is 0.0600. The number of carbonyl (C=O) groups is 1. The van der Waals surface area contributed by atoms with E-state index in [0.29, 0.717) is 16.7 Å². The standard InChI is InChI=1S/C14H21BNO3S/c1-13(2,14(3,4)20)19-15-11-7-6-9(16)8-10(11)12(17)18-5/h6-8,20H,16H2,1-5H3. The van der Waals surface area contributed by atoms with Crippen molar-refractivity contribution in [2.45, 2.75) is 38.0 Å². The van der Waals surface area contributed by atoms with Gasteiger partial charge in [0.05, 0.1) is 18.3 Å². The van der Waals surface area contributed by atoms with Crippen LogP contribution >= 0.6 is 12.6 Å². The molecule has 0 aromatic heterocycles. The van der Waals surface area contributed by atoms with Gasteiger partial charge in [-0.2, -0.15) is 12.6 Å². The third-order valence-electron chi connectivity index (χ3n) is 3.44. The first-order valence-corrected chi connectivity index (χ1v) is 6.74. The van der Waals surface area contributed by atoms with Crippen LogP contribution in [0.1, 0.15) is 38.1 Å². The summed E-state index contributed by atoms with van der Waals surface area (Å²) in [5.74, 6) is -0.449. The molecule has 20 heavy (non-hydrogen) atoms. The smallest absolute Gasteiger partial charge is 0.337 e. The van der Waals surface area contributed by atoms with Crippen LogP contribution in [0.15, 0.2) is 18.2 Å². The van der Waals surface area contributed by atoms with Gasteiger partial charge in [0, 0.05) is 10.4 Å². The molecule has 0 saturated heterocycles. The van der Waals surface area contributed by atoms with E-state index in [0.717, 1.165) is 0 Å². The summed E-state index contributed by atoms with van der Waals surface area (Å²) >= 11 is 4.53. The van der Waals surface area contributed by atoms with E-state index in [2.05, 4.69) is 12.6 Å². The predicted molar refractivity (Wildman–Crippen MR) is 85.8 cm³/mol. The topological polar surface area (TPSA) is 61.5 Å². The van der Waals surface area contributed by atoms with Crippen LogP contribution in [-0.2, 0) is 9.39 Å². The van der Waals surface area contributed by atoms with Crippen molar-refractivity contribution in [1.82, 2.24) is 0 Å². The Labute approximate surface area is 126 Å². The van der Waals surface area contributed by atoms with Gasteiger partial charge in [0.1, 0.15) is 0 Å². The summed E-state index contributed by atoms with van der Waals surface area (Å²) in [4.78, 5) is 11.7. The van der Waals surface area contributed by atoms with E-state index in [1.807, 2.05) is 27.7 Å². The second kappa shape index (κ2) is 6.10. The highest BCUT2D eigenvalue weighted by atomic mass is 32.1. The van der Waals surface area contributed by atoms with Crippen molar-refractivity contribution in [2.75, 3.05) is 12.8 Å². The molecule has 0 fully saturated rings. The fourth-order valence-corrected chi connectivity index (χ4v) is 1.37. The molecule has 1 aromatic carbocycles. The van der Waals surface area contributed by atoms with E-state index >= 15 is 0 Å². The molecule has 1 aromatic rings. The Morgan fingerprint density at radius 2 is 1.90 bits per heavy atom. The van der Waals surface area contributed by atoms with Crippen molar-refractivity contribution in [1.29, 1.82) is 0 Å². The molecule has 0 atom stereocenters. The molecule has 0 aliphatic heterocycles. The van der Waals surface area contributed by atoms with Gasteiger partial charge in [-0.25, -0.2) is 4.79 Å². The Balaban J connectivity index is 2.96. The molecule has 0 amide bonds. The van der Waals surface area contributed by atoms with Gasteiger partial charge in [-0.3, -0.25) is 0 Å². The van der Waals surface area contributed by atoms with Crippen LogP contribution in [-0.4, -0.2) is 30.9 Å². The molecule has 0 unspecified atom stereocenters. The first-order chi connectivity index (χ1) is 9.08. The number of nitrogen functional groups attached to an aromatic ring is 1. The van der Waals surface area contributed by atoms with Crippen LogP contribution in [0.2, 0.25) is 0 Å². The molecule has 1 radical (unpaired) electrons. The zero-order valence-electron chi connectivity index (χ0n) is 12.6. The average molecular weight is 294 g/mol. The Morgan fingerprint density at radius 1 is 1.30 bits per heavy atom. The number of esters is 1. The van der Waals surface area contributed by atoms with Crippen LogP contribution in [0, 0.1) is 0 Å². The number of benzene rings is 1. The van der Waals surface area contributed by atoms with Crippen molar-refractivity contribution in [3.63, 3.8) is 0 Å². The van der Waals surface area contributed by atoms with Crippen molar-refractivity contribution in [3.8, 4) is 0 Å². The molecule has 0 aliphatic rings. The lowest BCUT2D eigenvalue weighted by Crippen LogP contribution is -2.46. The van der Waals surface area contributed by atoms with Gasteiger partial charge in [-0.15, -0.1) is 0 Å². The molecule has 1 rings (SSSR count). The van der Waals surface area contributed by atoms with Gasteiger partial charge >= 0.3 is 13.5 Å². The molecule has 4 nitrogen and oxygen atoms in total. The third-order valence-corrected chi connectivity index (χ3v) is 3.98. The van der Waals surface area contributed by atoms with Crippen LogP contribution in [0.4, 0.5) is 5.69 Å². The Morgan fingerprint density at radius 3 is 2.40 bits per heavy atom. The van der Waals surface area contributed by atoms with Gasteiger partial charge < -0.3 is 15.1 Å². The molecule has 6 heteroatoms. The maximum absolute atomic E-state index is 11.7. The lowest BCUT2D eigenvalue weighted by Gasteiger charge is -2.38. The van der Waals surface area contributed by atoms with Crippen LogP contribution in [0.3, 0.4) is 0 Å². The summed E-state index contributed by atoms with van der Waals surface area (Å²) in [7, 11) is 2.88. The molecular formula is C14H21BNO3S. The number of anilines is 1. The highest BCUT2D eigenvalue weighted by Crippen LogP contribution is 2.30. The van der Waals surface area contributed by atoms with E-state index in [-0.39, 0.29) is 4.75 Å². The summed E-state index contributed by atoms with van der Waals surface area (Å²) in [5.41, 5.74) is 6.68. The number of hydrogen-bond donors (Lipinski definition) is 2. The average Bonchev–Trinajstić information content (AvgIpc) is 2.35. The van der Waals surface area contributed by atoms with E-state index in [9.17, 15) is 4.79 Å². The van der Waals surface area contributed by atoms with Gasteiger partial charge in [0.25, 0.3) is 0 Å². The number of nitrogens with two attached hydrogens (primary N) is 1. The summed E-state index contributed by atoms with van der Waals surface area (Å²) in [6.07, 6.45) is 0. The van der Waals surface area contributed by atoms with Gasteiger partial charge in [-0.1, -0.05) is 6.07 Å². The van der Waals surface area contributed by atoms with E-state index < -0.39 is 11.6 Å². The summed E-state index contributed by atoms with van der Waals surface area (Å²) in [5, 5.41) is 0. The highest BCUT2D eigenvalue weighted by molar-refractivity contribution is 7.81. The highest BCUT2D eigenvalue weighted by Gasteiger charge is 2.34. The van der Waals surface area contributed by atoms with Crippen LogP contribution < -0.4 is 11.2 Å². The van der Waals surface area contributed by atoms with Gasteiger partial charge in [0.15, 0.2) is 0 Å². The zero-order valence-corrected chi connectivity index (χ0v) is 13.5. The van der Waals surface area contributed by atoms with Crippen LogP contribution in [0.25, 0.3) is 0 Å². The summed E-state index contributed by atoms with van der Waals surface area (Å²) < 4.78 is 10.2. The molecular weight excluding hydrogens is 273 g/mol. The van der Waals surface area contributed by atoms with Gasteiger partial charge in [-0.05, 0) is 45.3 Å². The predicted octanol–water partition coefficient (Wildman–Crippen LogP) is 1.80. The third kappa shape index (κ3) is 3.93. The molecule has 0 saturated carbocycles. The van der Waals surface area contributed by atoms with Crippen molar-refractivity contribution in [2.24, 2.45) is 0 Å². The maximum atomic E-state index is 11.7. The molecule has 0 heterocycles. The lowest BCUT2D eigenvalue weighted by atomic mass is 9.81. The second-order valence-electron chi connectivity index (χ2n) is 5.64. The van der Waals surface area contributed by atoms with Gasteiger partial charge in [0.2, 0.25) is 0 Å². The minimum atomic E-state index is -0.509. The number of carbonyl (C=O) groups excluding carboxylic acids is 1. The zero-order chi connectivity index (χ0) is 15.6. The SMILES string of the molecule is COC(=O)c1cc(N)ccc1[B]OC(C)(C)C(C)(C)S. The minimum Gasteiger partial charge on any atom is -0.465 e. The van der Waals surface area contributed by atoms with Crippen LogP contribution in [0.5, 0.6) is 0 Å². The van der Waals surface area contributed by atoms with E-state index in [4.69, 9.17) is 15.1 Å². The fourth-order valence-electron chi connectivity index (χ4n) is 1.32. The summed E-state index contributed by atoms with van der Waals surface area (Å²) in [6.45, 7) is 7.81. The number of methoxy groups -OCH3 is 1. The first kappa shape index (κ1) is 16.9. The molecule has 109 valence electrons. The van der Waals surface area contributed by atoms with Crippen molar-refractivity contribution >= 4 is 37.2 Å². The quantitative estimate of drug-likeness (QED) is 0.376. The number of rotatable bonds is 5. The Hall–Kier alpha value is -1.14. The number of hydrogen-bond acceptors (Lipinski definition) is 5. The number of thiol groups is 1. The number of ether oxygens (including phenoxy) is 1. The molecule has 2 N–H and O–H groups in total. The van der Waals surface area contributed by atoms with E-state index in [1.165, 1.54) is 7.11 Å². The Bertz CT molecular complexity index is 498. The fraction of sp³-hybridized carbons (Fsp3) is 0.500. The van der Waals surface area contributed by atoms with Crippen molar-refractivity contribution < 1.29 is 14.2 Å². The first-order valence-electron chi connectivity index (χ1n) is 6.30. The maximum Gasteiger partial charge on any atom is 0.337 e. The van der Waals surface area contributed by atoms with Crippen molar-refractivity contribution in [3.05, 3.63) is 23.8 Å². The minimum absolute atomic E-state index is 0.345. The molecule has 0 spiro atoms. The molecule has 0 bridgehead atoms. The monoisotopic (exact) mass is 294 g/mol. The van der Waals surface area contributed by atoms with E-state index in [1.54, 1.807) is 25.7 Å². The second-order valence-corrected chi connectivity index (χ2v) is 6.76. The normalized spacial score (nSPS) is 12.1. The summed E-state index contributed by atoms with van der Waals surface area (Å²) in [6, 6.07) is 5.00. The molecule has 0 aliphatic carbocycles. The Kier molecular flexibility index (Phi) is 5.16. The largest absolute Gasteiger partial charge is 0.465 e.